The zero-order valence-electron chi connectivity index (χ0n) is 28.9. The largest absolute Gasteiger partial charge is 0.505 e. The molecule has 0 aromatic carbocycles. The van der Waals surface area contributed by atoms with E-state index >= 15 is 0 Å². The number of hydrogen-bond acceptors (Lipinski definition) is 15. The molecule has 298 valence electrons. The molecule has 3 heterocycles. The van der Waals surface area contributed by atoms with Gasteiger partial charge in [0.05, 0.1) is 37.2 Å². The molecule has 2 aliphatic heterocycles. The Labute approximate surface area is 337 Å². The number of rotatable bonds is 19. The maximum absolute atomic E-state index is 13.2. The molecule has 2 aliphatic rings. The van der Waals surface area contributed by atoms with Crippen LogP contribution >= 0.6 is 0 Å². The first-order valence-electron chi connectivity index (χ1n) is 16.8. The van der Waals surface area contributed by atoms with E-state index in [9.17, 15) is 54.3 Å². The Hall–Kier alpha value is -3.12. The predicted octanol–water partition coefficient (Wildman–Crippen LogP) is -3.47. The van der Waals surface area contributed by atoms with E-state index in [-0.39, 0.29) is 130 Å². The predicted molar refractivity (Wildman–Crippen MR) is 176 cm³/mol. The van der Waals surface area contributed by atoms with Crippen molar-refractivity contribution in [2.75, 3.05) is 52.5 Å². The SMILES string of the molecule is O=C(O)CCC(C(=O)O)N1CCN(C(CCC(=O)NCC(O)CO)C(=O)O)CCN2[C-](OC(=O)C2CCC(=O)NCC(O)CO)c2cccc(n2)C1.[Gd]. The van der Waals surface area contributed by atoms with E-state index < -0.39 is 85.7 Å². The van der Waals surface area contributed by atoms with Gasteiger partial charge in [0.2, 0.25) is 11.8 Å². The smallest absolute Gasteiger partial charge is 0.320 e. The molecule has 1 aromatic heterocycles. The van der Waals surface area contributed by atoms with Crippen molar-refractivity contribution in [3.63, 3.8) is 0 Å². The fraction of sp³-hybridized carbons (Fsp3) is 0.625. The van der Waals surface area contributed by atoms with Crippen LogP contribution in [0.4, 0.5) is 0 Å². The second-order valence-electron chi connectivity index (χ2n) is 12.5. The van der Waals surface area contributed by atoms with Crippen LogP contribution in [0.5, 0.6) is 0 Å². The van der Waals surface area contributed by atoms with E-state index in [1.807, 2.05) is 0 Å². The van der Waals surface area contributed by atoms with Crippen LogP contribution in [0, 0.1) is 46.2 Å². The fourth-order valence-electron chi connectivity index (χ4n) is 5.87. The minimum absolute atomic E-state index is 0. The van der Waals surface area contributed by atoms with E-state index in [1.54, 1.807) is 23.1 Å². The quantitative estimate of drug-likeness (QED) is 0.0482. The van der Waals surface area contributed by atoms with Gasteiger partial charge in [-0.15, -0.1) is 6.07 Å². The van der Waals surface area contributed by atoms with E-state index in [1.165, 1.54) is 9.80 Å². The van der Waals surface area contributed by atoms with Crippen LogP contribution in [0.1, 0.15) is 49.9 Å². The second kappa shape index (κ2) is 23.0. The topological polar surface area (TPSA) is 300 Å². The molecule has 0 spiro atoms. The van der Waals surface area contributed by atoms with Gasteiger partial charge in [0, 0.05) is 111 Å². The molecular weight excluding hydrogens is 850 g/mol. The van der Waals surface area contributed by atoms with Crippen molar-refractivity contribution in [2.24, 2.45) is 0 Å². The van der Waals surface area contributed by atoms with Crippen molar-refractivity contribution in [1.29, 1.82) is 0 Å². The summed E-state index contributed by atoms with van der Waals surface area (Å²) in [4.78, 5) is 83.8. The molecule has 1 aromatic rings. The number of ether oxygens (including phenoxy) is 1. The number of nitrogens with zero attached hydrogens (tertiary/aromatic N) is 4. The van der Waals surface area contributed by atoms with Crippen LogP contribution in [0.3, 0.4) is 0 Å². The summed E-state index contributed by atoms with van der Waals surface area (Å²) in [5, 5.41) is 71.7. The van der Waals surface area contributed by atoms with Gasteiger partial charge in [0.15, 0.2) is 0 Å². The Morgan fingerprint density at radius 2 is 1.38 bits per heavy atom. The van der Waals surface area contributed by atoms with Crippen LogP contribution in [0.15, 0.2) is 18.2 Å². The summed E-state index contributed by atoms with van der Waals surface area (Å²) in [6, 6.07) is 1.19. The van der Waals surface area contributed by atoms with Crippen LogP contribution in [0.25, 0.3) is 0 Å². The van der Waals surface area contributed by atoms with Crippen molar-refractivity contribution in [3.05, 3.63) is 35.8 Å². The Bertz CT molecular complexity index is 1410. The number of carboxylic acid groups (broad SMARTS) is 3. The number of fused-ring (bicyclic) bond motifs is 4. The van der Waals surface area contributed by atoms with E-state index in [4.69, 9.17) is 14.9 Å². The third-order valence-electron chi connectivity index (χ3n) is 8.66. The number of pyridine rings is 1. The van der Waals surface area contributed by atoms with Crippen molar-refractivity contribution in [3.8, 4) is 0 Å². The summed E-state index contributed by atoms with van der Waals surface area (Å²) in [5.41, 5.74) is 0.543. The number of aliphatic carboxylic acids is 3. The van der Waals surface area contributed by atoms with Gasteiger partial charge in [0.25, 0.3) is 0 Å². The van der Waals surface area contributed by atoms with Gasteiger partial charge in [-0.05, 0) is 25.0 Å². The number of nitrogens with one attached hydrogen (secondary N) is 2. The van der Waals surface area contributed by atoms with Gasteiger partial charge >= 0.3 is 23.9 Å². The Balaban J connectivity index is 0.00000972. The van der Waals surface area contributed by atoms with Crippen LogP contribution < -0.4 is 10.6 Å². The molecule has 5 unspecified atom stereocenters. The average Bonchev–Trinajstić information content (AvgIpc) is 3.42. The number of carbonyl (C=O) groups excluding carboxylic acids is 3. The molecule has 5 atom stereocenters. The first-order valence-corrected chi connectivity index (χ1v) is 16.8. The number of carbonyl (C=O) groups is 6. The molecule has 2 bridgehead atoms. The minimum atomic E-state index is -1.30. The van der Waals surface area contributed by atoms with E-state index in [2.05, 4.69) is 15.6 Å². The number of hydrogen-bond donors (Lipinski definition) is 9. The van der Waals surface area contributed by atoms with Gasteiger partial charge in [-0.2, -0.15) is 6.07 Å². The molecule has 20 nitrogen and oxygen atoms in total. The number of amides is 2. The zero-order chi connectivity index (χ0) is 38.4. The molecular formula is C32H47GdN6O14-. The molecule has 0 aliphatic carbocycles. The summed E-state index contributed by atoms with van der Waals surface area (Å²) < 4.78 is 5.66. The van der Waals surface area contributed by atoms with Gasteiger partial charge in [-0.3, -0.25) is 43.6 Å². The number of aromatic nitrogens is 1. The molecule has 2 amide bonds. The second-order valence-corrected chi connectivity index (χ2v) is 12.5. The summed E-state index contributed by atoms with van der Waals surface area (Å²) in [5.74, 6) is -5.59. The summed E-state index contributed by atoms with van der Waals surface area (Å²) >= 11 is 0. The van der Waals surface area contributed by atoms with Crippen LogP contribution in [-0.2, 0) is 40.0 Å². The fourth-order valence-corrected chi connectivity index (χ4v) is 5.87. The van der Waals surface area contributed by atoms with Crippen molar-refractivity contribution >= 4 is 35.7 Å². The number of esters is 1. The van der Waals surface area contributed by atoms with Gasteiger partial charge in [0.1, 0.15) is 12.1 Å². The maximum Gasteiger partial charge on any atom is 0.320 e. The third kappa shape index (κ3) is 14.6. The maximum atomic E-state index is 13.2. The molecule has 21 heteroatoms. The van der Waals surface area contributed by atoms with Gasteiger partial charge in [-0.25, -0.2) is 0 Å². The molecule has 0 radical (unpaired) electrons. The Morgan fingerprint density at radius 1 is 0.830 bits per heavy atom. The summed E-state index contributed by atoms with van der Waals surface area (Å²) in [6.45, 7) is -1.94. The van der Waals surface area contributed by atoms with Crippen LogP contribution in [-0.4, -0.2) is 174 Å². The Morgan fingerprint density at radius 3 is 1.96 bits per heavy atom. The van der Waals surface area contributed by atoms with Gasteiger partial charge in [-0.1, -0.05) is 6.07 Å². The van der Waals surface area contributed by atoms with Gasteiger partial charge < -0.3 is 56.0 Å². The van der Waals surface area contributed by atoms with Crippen molar-refractivity contribution in [2.45, 2.75) is 75.4 Å². The molecule has 1 saturated heterocycles. The molecule has 9 N–H and O–H groups in total. The first-order chi connectivity index (χ1) is 24.7. The molecule has 0 saturated carbocycles. The van der Waals surface area contributed by atoms with Crippen LogP contribution in [0.2, 0.25) is 0 Å². The van der Waals surface area contributed by atoms with Crippen molar-refractivity contribution in [1.82, 2.24) is 30.3 Å². The summed E-state index contributed by atoms with van der Waals surface area (Å²) in [6.07, 6.45) is -3.77. The standard InChI is InChI=1S/C32H47N6O14.Gd/c39-17-20(41)14-33-26(43)7-4-23(30(47)48)36-10-11-37(24(31(49)50)6-9-28(45)46)16-19-2-1-3-22(35-19)29-38(13-12-36)25(32(51)52-29)5-8-27(44)34-15-21(42)18-40;/h1-3,20-21,23-25,39-42H,4-18H2,(H,33,43)(H,34,44)(H,45,46)(H,47,48)(H,49,50);/q-1;. The molecule has 53 heavy (non-hydrogen) atoms. The minimum Gasteiger partial charge on any atom is -0.505 e. The third-order valence-corrected chi connectivity index (χ3v) is 8.66. The van der Waals surface area contributed by atoms with E-state index in [0.717, 1.165) is 0 Å². The van der Waals surface area contributed by atoms with Crippen molar-refractivity contribution < 1.29 is 109 Å². The normalized spacial score (nSPS) is 19.2. The number of carboxylic acids is 3. The zero-order valence-corrected chi connectivity index (χ0v) is 31.1. The number of aliphatic hydroxyl groups is 4. The Kier molecular flexibility index (Phi) is 19.9. The number of aliphatic hydroxyl groups excluding tert-OH is 4. The van der Waals surface area contributed by atoms with E-state index in [0.29, 0.717) is 5.69 Å². The molecule has 3 rings (SSSR count). The summed E-state index contributed by atoms with van der Waals surface area (Å²) in [7, 11) is 0. The monoisotopic (exact) mass is 897 g/mol. The average molecular weight is 897 g/mol. The first kappa shape index (κ1) is 46.0. The molecule has 1 fully saturated rings.